The van der Waals surface area contributed by atoms with Crippen molar-refractivity contribution in [1.82, 2.24) is 10.2 Å². The molecule has 0 bridgehead atoms. The Kier molecular flexibility index (Phi) is 4.65. The molecule has 2 aliphatic heterocycles. The number of nitro groups is 1. The molecule has 1 fully saturated rings. The smallest absolute Gasteiger partial charge is 0.337 e. The number of methoxy groups -OCH3 is 1. The minimum Gasteiger partial charge on any atom is -0.466 e. The molecule has 4 rings (SSSR count). The zero-order valence-corrected chi connectivity index (χ0v) is 15.8. The number of hydrogen-bond donors (Lipinski definition) is 1. The largest absolute Gasteiger partial charge is 0.466 e. The van der Waals surface area contributed by atoms with Crippen LogP contribution < -0.4 is 5.32 Å². The van der Waals surface area contributed by atoms with Gasteiger partial charge in [0.2, 0.25) is 0 Å². The lowest BCUT2D eigenvalue weighted by Crippen LogP contribution is -2.50. The van der Waals surface area contributed by atoms with Crippen LogP contribution in [0.15, 0.2) is 46.8 Å². The molecule has 1 aromatic carbocycles. The van der Waals surface area contributed by atoms with Gasteiger partial charge in [-0.15, -0.1) is 0 Å². The zero-order valence-electron chi connectivity index (χ0n) is 15.8. The number of nitrogens with one attached hydrogen (secondary N) is 1. The molecule has 9 heteroatoms. The molecular weight excluding hydrogens is 378 g/mol. The number of piperazine rings is 1. The standard InChI is InChI=1S/C20H19N3O6/c1-29-20(26)17-15(11-5-7-12(8-6-11)23(27)28)16-13(3-2-4-14(16)24)22-10-9-21-19(25)18(17)22/h5-8,15H,2-4,9-10H2,1H3,(H,21,25). The van der Waals surface area contributed by atoms with Gasteiger partial charge in [-0.2, -0.15) is 0 Å². The molecule has 2 heterocycles. The number of rotatable bonds is 3. The van der Waals surface area contributed by atoms with Crippen molar-refractivity contribution in [3.8, 4) is 0 Å². The van der Waals surface area contributed by atoms with Crippen molar-refractivity contribution >= 4 is 23.3 Å². The number of allylic oxidation sites excluding steroid dienone is 2. The van der Waals surface area contributed by atoms with E-state index in [1.165, 1.54) is 31.4 Å². The van der Waals surface area contributed by atoms with E-state index in [9.17, 15) is 24.5 Å². The predicted octanol–water partition coefficient (Wildman–Crippen LogP) is 1.56. The summed E-state index contributed by atoms with van der Waals surface area (Å²) in [5.41, 5.74) is 1.95. The van der Waals surface area contributed by atoms with Crippen LogP contribution in [0, 0.1) is 10.1 Å². The first-order valence-corrected chi connectivity index (χ1v) is 9.32. The van der Waals surface area contributed by atoms with Crippen LogP contribution in [0.1, 0.15) is 30.7 Å². The van der Waals surface area contributed by atoms with Crippen molar-refractivity contribution in [2.24, 2.45) is 0 Å². The number of Topliss-reactive ketones (excluding diaryl/α,β-unsaturated/α-hetero) is 1. The highest BCUT2D eigenvalue weighted by atomic mass is 16.6. The Bertz CT molecular complexity index is 992. The Morgan fingerprint density at radius 2 is 1.97 bits per heavy atom. The van der Waals surface area contributed by atoms with Crippen LogP contribution in [0.2, 0.25) is 0 Å². The maximum absolute atomic E-state index is 12.9. The highest BCUT2D eigenvalue weighted by Gasteiger charge is 2.45. The summed E-state index contributed by atoms with van der Waals surface area (Å²) in [5, 5.41) is 13.8. The molecule has 1 aliphatic carbocycles. The summed E-state index contributed by atoms with van der Waals surface area (Å²) < 4.78 is 4.97. The van der Waals surface area contributed by atoms with Crippen LogP contribution in [-0.2, 0) is 19.1 Å². The van der Waals surface area contributed by atoms with Gasteiger partial charge in [0, 0.05) is 48.8 Å². The van der Waals surface area contributed by atoms with Gasteiger partial charge in [0.15, 0.2) is 5.78 Å². The van der Waals surface area contributed by atoms with E-state index >= 15 is 0 Å². The number of fused-ring (bicyclic) bond motifs is 2. The van der Waals surface area contributed by atoms with Gasteiger partial charge in [-0.25, -0.2) is 4.79 Å². The van der Waals surface area contributed by atoms with Crippen molar-refractivity contribution < 1.29 is 24.0 Å². The minimum atomic E-state index is -0.804. The van der Waals surface area contributed by atoms with E-state index in [2.05, 4.69) is 5.32 Å². The molecule has 0 aromatic heterocycles. The normalized spacial score (nSPS) is 21.4. The summed E-state index contributed by atoms with van der Waals surface area (Å²) in [6.45, 7) is 0.866. The van der Waals surface area contributed by atoms with E-state index in [-0.39, 0.29) is 22.7 Å². The number of esters is 1. The Morgan fingerprint density at radius 3 is 2.62 bits per heavy atom. The van der Waals surface area contributed by atoms with E-state index in [0.29, 0.717) is 43.5 Å². The first-order chi connectivity index (χ1) is 13.9. The van der Waals surface area contributed by atoms with E-state index < -0.39 is 22.7 Å². The van der Waals surface area contributed by atoms with E-state index in [0.717, 1.165) is 5.70 Å². The van der Waals surface area contributed by atoms with Crippen molar-refractivity contribution in [2.75, 3.05) is 20.2 Å². The van der Waals surface area contributed by atoms with Gasteiger partial charge in [-0.05, 0) is 18.4 Å². The van der Waals surface area contributed by atoms with Gasteiger partial charge in [0.05, 0.1) is 17.6 Å². The fourth-order valence-electron chi connectivity index (χ4n) is 4.32. The monoisotopic (exact) mass is 397 g/mol. The molecule has 1 saturated heterocycles. The molecule has 0 saturated carbocycles. The number of ether oxygens (including phenoxy) is 1. The summed E-state index contributed by atoms with van der Waals surface area (Å²) in [5.74, 6) is -1.98. The van der Waals surface area contributed by atoms with Crippen LogP contribution in [0.25, 0.3) is 0 Å². The zero-order chi connectivity index (χ0) is 20.7. The lowest BCUT2D eigenvalue weighted by molar-refractivity contribution is -0.384. The highest BCUT2D eigenvalue weighted by Crippen LogP contribution is 2.46. The number of ketones is 1. The molecule has 9 nitrogen and oxygen atoms in total. The average molecular weight is 397 g/mol. The molecular formula is C20H19N3O6. The Labute approximate surface area is 166 Å². The van der Waals surface area contributed by atoms with Crippen LogP contribution in [-0.4, -0.2) is 47.7 Å². The minimum absolute atomic E-state index is 0.0824. The average Bonchev–Trinajstić information content (AvgIpc) is 2.73. The van der Waals surface area contributed by atoms with Crippen molar-refractivity contribution in [3.63, 3.8) is 0 Å². The van der Waals surface area contributed by atoms with Crippen molar-refractivity contribution in [1.29, 1.82) is 0 Å². The molecule has 0 spiro atoms. The van der Waals surface area contributed by atoms with Crippen LogP contribution in [0.4, 0.5) is 5.69 Å². The number of amides is 1. The molecule has 3 aliphatic rings. The third kappa shape index (κ3) is 2.98. The third-order valence-corrected chi connectivity index (χ3v) is 5.54. The lowest BCUT2D eigenvalue weighted by Gasteiger charge is -2.43. The number of carbonyl (C=O) groups excluding carboxylic acids is 3. The van der Waals surface area contributed by atoms with E-state index in [4.69, 9.17) is 4.74 Å². The highest BCUT2D eigenvalue weighted by molar-refractivity contribution is 6.09. The Hall–Kier alpha value is -3.49. The van der Waals surface area contributed by atoms with Gasteiger partial charge < -0.3 is 15.0 Å². The van der Waals surface area contributed by atoms with Gasteiger partial charge >= 0.3 is 5.97 Å². The topological polar surface area (TPSA) is 119 Å². The summed E-state index contributed by atoms with van der Waals surface area (Å²) >= 11 is 0. The molecule has 1 amide bonds. The first kappa shape index (κ1) is 18.9. The number of benzene rings is 1. The van der Waals surface area contributed by atoms with E-state index in [1.807, 2.05) is 0 Å². The van der Waals surface area contributed by atoms with Crippen molar-refractivity contribution in [2.45, 2.75) is 25.2 Å². The molecule has 1 aromatic rings. The summed E-state index contributed by atoms with van der Waals surface area (Å²) in [4.78, 5) is 50.7. The van der Waals surface area contributed by atoms with Crippen LogP contribution in [0.5, 0.6) is 0 Å². The number of nitro benzene ring substituents is 1. The summed E-state index contributed by atoms with van der Waals surface area (Å²) in [6, 6.07) is 5.70. The second-order valence-electron chi connectivity index (χ2n) is 7.08. The van der Waals surface area contributed by atoms with E-state index in [1.54, 1.807) is 4.90 Å². The second-order valence-corrected chi connectivity index (χ2v) is 7.08. The predicted molar refractivity (Wildman–Crippen MR) is 100 cm³/mol. The van der Waals surface area contributed by atoms with Crippen molar-refractivity contribution in [3.05, 3.63) is 62.5 Å². The van der Waals surface area contributed by atoms with Gasteiger partial charge in [0.25, 0.3) is 11.6 Å². The first-order valence-electron chi connectivity index (χ1n) is 9.32. The molecule has 29 heavy (non-hydrogen) atoms. The second kappa shape index (κ2) is 7.16. The maximum Gasteiger partial charge on any atom is 0.337 e. The third-order valence-electron chi connectivity index (χ3n) is 5.54. The van der Waals surface area contributed by atoms with Crippen LogP contribution >= 0.6 is 0 Å². The lowest BCUT2D eigenvalue weighted by atomic mass is 9.74. The Morgan fingerprint density at radius 1 is 1.24 bits per heavy atom. The quantitative estimate of drug-likeness (QED) is 0.467. The maximum atomic E-state index is 12.9. The fraction of sp³-hybridized carbons (Fsp3) is 0.350. The summed E-state index contributed by atoms with van der Waals surface area (Å²) in [7, 11) is 1.22. The van der Waals surface area contributed by atoms with Gasteiger partial charge in [0.1, 0.15) is 5.70 Å². The molecule has 0 radical (unpaired) electrons. The number of carbonyl (C=O) groups is 3. The van der Waals surface area contributed by atoms with Gasteiger partial charge in [-0.1, -0.05) is 12.1 Å². The number of non-ortho nitro benzene ring substituents is 1. The summed E-state index contributed by atoms with van der Waals surface area (Å²) in [6.07, 6.45) is 1.64. The SMILES string of the molecule is COC(=O)C1=C2C(=O)NCCN2C2=C(C(=O)CCC2)C1c1ccc([N+](=O)[O-])cc1. The number of hydrogen-bond acceptors (Lipinski definition) is 7. The Balaban J connectivity index is 1.97. The number of nitrogens with zero attached hydrogens (tertiary/aromatic N) is 2. The van der Waals surface area contributed by atoms with Crippen LogP contribution in [0.3, 0.4) is 0 Å². The fourth-order valence-corrected chi connectivity index (χ4v) is 4.32. The molecule has 1 unspecified atom stereocenters. The molecule has 1 atom stereocenters. The molecule has 150 valence electrons. The molecule has 1 N–H and O–H groups in total. The van der Waals surface area contributed by atoms with Gasteiger partial charge in [-0.3, -0.25) is 19.7 Å².